The van der Waals surface area contributed by atoms with Crippen LogP contribution in [0.2, 0.25) is 0 Å². The Morgan fingerprint density at radius 1 is 1.42 bits per heavy atom. The lowest BCUT2D eigenvalue weighted by Gasteiger charge is -2.25. The smallest absolute Gasteiger partial charge is 0.246 e. The first-order valence-corrected chi connectivity index (χ1v) is 7.96. The summed E-state index contributed by atoms with van der Waals surface area (Å²) in [6.07, 6.45) is 2.49. The van der Waals surface area contributed by atoms with Crippen LogP contribution in [0.4, 0.5) is 10.1 Å². The molecule has 0 spiro atoms. The molecule has 1 aromatic rings. The fourth-order valence-electron chi connectivity index (χ4n) is 1.88. The minimum Gasteiger partial charge on any atom is -0.399 e. The van der Waals surface area contributed by atoms with Crippen molar-refractivity contribution in [1.82, 2.24) is 4.31 Å². The minimum atomic E-state index is -3.86. The standard InChI is InChI=1S/C12H14BrFN2O2S/c1-8-2-4-16(5-3-8)19(17,18)11-7-9(15)6-10(13)12(11)14/h2,6-7H,3-5,15H2,1H3. The normalized spacial score (nSPS) is 17.3. The molecule has 0 saturated carbocycles. The second-order valence-electron chi connectivity index (χ2n) is 4.48. The van der Waals surface area contributed by atoms with E-state index in [-0.39, 0.29) is 21.6 Å². The Hall–Kier alpha value is -0.920. The van der Waals surface area contributed by atoms with Crippen molar-refractivity contribution in [3.05, 3.63) is 34.1 Å². The third-order valence-corrected chi connectivity index (χ3v) is 5.48. The monoisotopic (exact) mass is 348 g/mol. The summed E-state index contributed by atoms with van der Waals surface area (Å²) < 4.78 is 40.1. The molecule has 0 radical (unpaired) electrons. The summed E-state index contributed by atoms with van der Waals surface area (Å²) in [5.74, 6) is -0.805. The summed E-state index contributed by atoms with van der Waals surface area (Å²) in [7, 11) is -3.86. The molecule has 4 nitrogen and oxygen atoms in total. The predicted octanol–water partition coefficient (Wildman–Crippen LogP) is 2.51. The molecule has 2 N–H and O–H groups in total. The zero-order valence-corrected chi connectivity index (χ0v) is 12.8. The van der Waals surface area contributed by atoms with Crippen LogP contribution < -0.4 is 5.73 Å². The quantitative estimate of drug-likeness (QED) is 0.659. The third kappa shape index (κ3) is 2.82. The fraction of sp³-hybridized carbons (Fsp3) is 0.333. The van der Waals surface area contributed by atoms with Gasteiger partial charge in [0.15, 0.2) is 5.82 Å². The van der Waals surface area contributed by atoms with E-state index in [2.05, 4.69) is 15.9 Å². The van der Waals surface area contributed by atoms with E-state index in [9.17, 15) is 12.8 Å². The maximum Gasteiger partial charge on any atom is 0.246 e. The van der Waals surface area contributed by atoms with E-state index >= 15 is 0 Å². The number of rotatable bonds is 2. The van der Waals surface area contributed by atoms with Crippen LogP contribution in [0.1, 0.15) is 13.3 Å². The Bertz CT molecular complexity index is 643. The van der Waals surface area contributed by atoms with Crippen LogP contribution in [-0.2, 0) is 10.0 Å². The molecule has 1 heterocycles. The molecular formula is C12H14BrFN2O2S. The van der Waals surface area contributed by atoms with E-state index in [1.165, 1.54) is 10.4 Å². The number of halogens is 2. The molecule has 1 aromatic carbocycles. The van der Waals surface area contributed by atoms with Gasteiger partial charge in [-0.2, -0.15) is 4.31 Å². The van der Waals surface area contributed by atoms with Crippen molar-refractivity contribution in [2.45, 2.75) is 18.2 Å². The number of hydrogen-bond acceptors (Lipinski definition) is 3. The molecule has 0 bridgehead atoms. The molecule has 7 heteroatoms. The van der Waals surface area contributed by atoms with Crippen LogP contribution in [0.5, 0.6) is 0 Å². The lowest BCUT2D eigenvalue weighted by Crippen LogP contribution is -2.35. The predicted molar refractivity (Wildman–Crippen MR) is 75.6 cm³/mol. The third-order valence-electron chi connectivity index (χ3n) is 3.03. The molecule has 104 valence electrons. The fourth-order valence-corrected chi connectivity index (χ4v) is 3.99. The van der Waals surface area contributed by atoms with E-state index in [1.807, 2.05) is 13.0 Å². The average Bonchev–Trinajstić information content (AvgIpc) is 2.34. The van der Waals surface area contributed by atoms with E-state index in [0.717, 1.165) is 11.6 Å². The summed E-state index contributed by atoms with van der Waals surface area (Å²) in [6, 6.07) is 2.50. The Balaban J connectivity index is 2.46. The van der Waals surface area contributed by atoms with Gasteiger partial charge >= 0.3 is 0 Å². The largest absolute Gasteiger partial charge is 0.399 e. The molecule has 0 unspecified atom stereocenters. The zero-order valence-electron chi connectivity index (χ0n) is 10.4. The maximum absolute atomic E-state index is 14.0. The van der Waals surface area contributed by atoms with Gasteiger partial charge in [0.2, 0.25) is 10.0 Å². The zero-order chi connectivity index (χ0) is 14.2. The van der Waals surface area contributed by atoms with E-state index in [0.29, 0.717) is 13.0 Å². The van der Waals surface area contributed by atoms with Gasteiger partial charge in [0, 0.05) is 18.8 Å². The maximum atomic E-state index is 14.0. The highest BCUT2D eigenvalue weighted by Gasteiger charge is 2.29. The van der Waals surface area contributed by atoms with Crippen molar-refractivity contribution in [3.63, 3.8) is 0 Å². The lowest BCUT2D eigenvalue weighted by atomic mass is 10.1. The van der Waals surface area contributed by atoms with Gasteiger partial charge in [0.25, 0.3) is 0 Å². The molecular weight excluding hydrogens is 335 g/mol. The second-order valence-corrected chi connectivity index (χ2v) is 7.24. The Labute approximate surface area is 120 Å². The summed E-state index contributed by atoms with van der Waals surface area (Å²) in [6.45, 7) is 2.57. The minimum absolute atomic E-state index is 0.0507. The summed E-state index contributed by atoms with van der Waals surface area (Å²) in [5, 5.41) is 0. The van der Waals surface area contributed by atoms with Crippen LogP contribution in [0.25, 0.3) is 0 Å². The van der Waals surface area contributed by atoms with Crippen molar-refractivity contribution in [1.29, 1.82) is 0 Å². The molecule has 0 aromatic heterocycles. The second kappa shape index (κ2) is 5.22. The molecule has 19 heavy (non-hydrogen) atoms. The molecule has 0 fully saturated rings. The van der Waals surface area contributed by atoms with Gasteiger partial charge in [-0.25, -0.2) is 12.8 Å². The first-order chi connectivity index (χ1) is 8.82. The van der Waals surface area contributed by atoms with Crippen LogP contribution in [-0.4, -0.2) is 25.8 Å². The van der Waals surface area contributed by atoms with Crippen LogP contribution in [0, 0.1) is 5.82 Å². The molecule has 0 atom stereocenters. The number of nitrogen functional groups attached to an aromatic ring is 1. The van der Waals surface area contributed by atoms with E-state index in [4.69, 9.17) is 5.73 Å². The van der Waals surface area contributed by atoms with E-state index in [1.54, 1.807) is 0 Å². The number of nitrogens with two attached hydrogens (primary N) is 1. The molecule has 1 aliphatic heterocycles. The lowest BCUT2D eigenvalue weighted by molar-refractivity contribution is 0.427. The Morgan fingerprint density at radius 3 is 2.68 bits per heavy atom. The number of nitrogens with zero attached hydrogens (tertiary/aromatic N) is 1. The topological polar surface area (TPSA) is 63.4 Å². The molecule has 0 saturated heterocycles. The first-order valence-electron chi connectivity index (χ1n) is 5.72. The highest BCUT2D eigenvalue weighted by Crippen LogP contribution is 2.29. The van der Waals surface area contributed by atoms with Crippen molar-refractivity contribution in [2.24, 2.45) is 0 Å². The molecule has 0 amide bonds. The van der Waals surface area contributed by atoms with Gasteiger partial charge in [-0.1, -0.05) is 11.6 Å². The summed E-state index contributed by atoms with van der Waals surface area (Å²) >= 11 is 2.97. The number of anilines is 1. The number of sulfonamides is 1. The van der Waals surface area contributed by atoms with Gasteiger partial charge in [0.05, 0.1) is 4.47 Å². The summed E-state index contributed by atoms with van der Waals surface area (Å²) in [4.78, 5) is -0.382. The van der Waals surface area contributed by atoms with Gasteiger partial charge < -0.3 is 5.73 Å². The van der Waals surface area contributed by atoms with Crippen molar-refractivity contribution >= 4 is 31.6 Å². The molecule has 2 rings (SSSR count). The average molecular weight is 349 g/mol. The highest BCUT2D eigenvalue weighted by molar-refractivity contribution is 9.10. The van der Waals surface area contributed by atoms with Crippen LogP contribution in [0.15, 0.2) is 33.2 Å². The molecule has 0 aliphatic carbocycles. The van der Waals surface area contributed by atoms with E-state index < -0.39 is 15.8 Å². The van der Waals surface area contributed by atoms with Crippen molar-refractivity contribution in [3.8, 4) is 0 Å². The Morgan fingerprint density at radius 2 is 2.11 bits per heavy atom. The van der Waals surface area contributed by atoms with Crippen LogP contribution >= 0.6 is 15.9 Å². The van der Waals surface area contributed by atoms with Crippen molar-refractivity contribution < 1.29 is 12.8 Å². The SMILES string of the molecule is CC1=CCN(S(=O)(=O)c2cc(N)cc(Br)c2F)CC1. The van der Waals surface area contributed by atoms with Gasteiger partial charge in [-0.3, -0.25) is 0 Å². The van der Waals surface area contributed by atoms with Gasteiger partial charge in [0.1, 0.15) is 4.90 Å². The number of hydrogen-bond donors (Lipinski definition) is 1. The summed E-state index contributed by atoms with van der Waals surface area (Å²) in [5.41, 5.74) is 6.93. The van der Waals surface area contributed by atoms with Gasteiger partial charge in [-0.15, -0.1) is 0 Å². The first kappa shape index (κ1) is 14.5. The molecule has 1 aliphatic rings. The van der Waals surface area contributed by atoms with Gasteiger partial charge in [-0.05, 0) is 41.4 Å². The van der Waals surface area contributed by atoms with Crippen LogP contribution in [0.3, 0.4) is 0 Å². The highest BCUT2D eigenvalue weighted by atomic mass is 79.9. The Kier molecular flexibility index (Phi) is 3.98. The number of benzene rings is 1. The van der Waals surface area contributed by atoms with Crippen molar-refractivity contribution in [2.75, 3.05) is 18.8 Å².